The second-order valence-corrected chi connectivity index (χ2v) is 6.16. The fourth-order valence-corrected chi connectivity index (χ4v) is 2.90. The maximum absolute atomic E-state index is 12.5. The Morgan fingerprint density at radius 3 is 2.30 bits per heavy atom. The first-order chi connectivity index (χ1) is 11.0. The number of phosphoric acid groups is 1. The first-order valence-corrected chi connectivity index (χ1v) is 8.42. The number of hydrogen-bond acceptors (Lipinski definition) is 6. The smallest absolute Gasteiger partial charge is 0.475 e. The van der Waals surface area contributed by atoms with Crippen LogP contribution in [0.2, 0.25) is 0 Å². The molecule has 0 fully saturated rings. The van der Waals surface area contributed by atoms with Gasteiger partial charge in [-0.1, -0.05) is 18.2 Å². The van der Waals surface area contributed by atoms with Gasteiger partial charge in [0.25, 0.3) is 5.24 Å². The lowest BCUT2D eigenvalue weighted by Gasteiger charge is -2.18. The summed E-state index contributed by atoms with van der Waals surface area (Å²) in [6.07, 6.45) is 2.81. The molecule has 0 aliphatic heterocycles. The molecular weight excluding hydrogens is 343 g/mol. The number of benzene rings is 1. The molecule has 0 heterocycles. The first-order valence-electron chi connectivity index (χ1n) is 6.58. The van der Waals surface area contributed by atoms with Crippen LogP contribution in [0.25, 0.3) is 0 Å². The van der Waals surface area contributed by atoms with Gasteiger partial charge in [0.2, 0.25) is 0 Å². The van der Waals surface area contributed by atoms with Crippen molar-refractivity contribution in [2.24, 2.45) is 0 Å². The SMILES string of the molecule is C=CCOP(=O)(OCC=C)OCc1c(OC)cccc1C(=O)Cl. The minimum absolute atomic E-state index is 0.0262. The van der Waals surface area contributed by atoms with Gasteiger partial charge in [0.15, 0.2) is 0 Å². The average Bonchev–Trinajstić information content (AvgIpc) is 2.56. The van der Waals surface area contributed by atoms with E-state index in [4.69, 9.17) is 29.9 Å². The maximum Gasteiger partial charge on any atom is 0.475 e. The van der Waals surface area contributed by atoms with E-state index in [1.165, 1.54) is 25.3 Å². The highest BCUT2D eigenvalue weighted by Crippen LogP contribution is 2.50. The summed E-state index contributed by atoms with van der Waals surface area (Å²) in [4.78, 5) is 11.5. The van der Waals surface area contributed by atoms with Crippen LogP contribution in [0.5, 0.6) is 5.75 Å². The van der Waals surface area contributed by atoms with Gasteiger partial charge in [-0.2, -0.15) is 0 Å². The molecule has 0 saturated carbocycles. The summed E-state index contributed by atoms with van der Waals surface area (Å²) in [7, 11) is -2.42. The van der Waals surface area contributed by atoms with Gasteiger partial charge in [0.1, 0.15) is 5.75 Å². The van der Waals surface area contributed by atoms with Crippen molar-refractivity contribution in [2.45, 2.75) is 6.61 Å². The zero-order chi connectivity index (χ0) is 17.3. The van der Waals surface area contributed by atoms with E-state index in [2.05, 4.69) is 13.2 Å². The van der Waals surface area contributed by atoms with E-state index in [-0.39, 0.29) is 25.4 Å². The molecule has 0 N–H and O–H groups in total. The third kappa shape index (κ3) is 5.94. The second kappa shape index (κ2) is 9.65. The normalized spacial score (nSPS) is 11.0. The van der Waals surface area contributed by atoms with Gasteiger partial charge < -0.3 is 4.74 Å². The maximum atomic E-state index is 12.5. The topological polar surface area (TPSA) is 71.1 Å². The molecule has 6 nitrogen and oxygen atoms in total. The highest BCUT2D eigenvalue weighted by atomic mass is 35.5. The third-order valence-corrected chi connectivity index (χ3v) is 4.21. The number of methoxy groups -OCH3 is 1. The van der Waals surface area contributed by atoms with Gasteiger partial charge in [-0.25, -0.2) is 4.57 Å². The summed E-state index contributed by atoms with van der Waals surface area (Å²) in [6.45, 7) is 6.64. The van der Waals surface area contributed by atoms with Crippen LogP contribution >= 0.6 is 19.4 Å². The van der Waals surface area contributed by atoms with Gasteiger partial charge in [0.05, 0.1) is 26.9 Å². The van der Waals surface area contributed by atoms with E-state index < -0.39 is 13.1 Å². The van der Waals surface area contributed by atoms with Gasteiger partial charge in [-0.05, 0) is 23.7 Å². The minimum atomic E-state index is -3.85. The quantitative estimate of drug-likeness (QED) is 0.336. The van der Waals surface area contributed by atoms with Crippen molar-refractivity contribution in [2.75, 3.05) is 20.3 Å². The molecule has 8 heteroatoms. The standard InChI is InChI=1S/C15H18ClO6P/c1-4-9-20-23(18,21-10-5-2)22-11-13-12(15(16)17)7-6-8-14(13)19-3/h4-8H,1-2,9-11H2,3H3. The fourth-order valence-electron chi connectivity index (χ4n) is 1.63. The molecule has 1 rings (SSSR count). The summed E-state index contributed by atoms with van der Waals surface area (Å²) in [5, 5.41) is -0.684. The lowest BCUT2D eigenvalue weighted by atomic mass is 10.1. The molecule has 0 radical (unpaired) electrons. The van der Waals surface area contributed by atoms with Gasteiger partial charge in [0, 0.05) is 11.1 Å². The van der Waals surface area contributed by atoms with Crippen molar-refractivity contribution in [3.63, 3.8) is 0 Å². The Kier molecular flexibility index (Phi) is 8.23. The largest absolute Gasteiger partial charge is 0.496 e. The Morgan fingerprint density at radius 1 is 1.22 bits per heavy atom. The number of carbonyl (C=O) groups is 1. The minimum Gasteiger partial charge on any atom is -0.496 e. The van der Waals surface area contributed by atoms with E-state index in [0.29, 0.717) is 11.3 Å². The van der Waals surface area contributed by atoms with Gasteiger partial charge >= 0.3 is 7.82 Å². The molecule has 1 aromatic rings. The predicted octanol–water partition coefficient (Wildman–Crippen LogP) is 4.10. The van der Waals surface area contributed by atoms with Crippen LogP contribution in [-0.4, -0.2) is 25.6 Å². The number of carbonyl (C=O) groups excluding carboxylic acids is 1. The van der Waals surface area contributed by atoms with Crippen LogP contribution < -0.4 is 4.74 Å². The Bertz CT molecular complexity index is 600. The van der Waals surface area contributed by atoms with Crippen LogP contribution in [0.3, 0.4) is 0 Å². The molecule has 23 heavy (non-hydrogen) atoms. The molecule has 0 spiro atoms. The van der Waals surface area contributed by atoms with Crippen molar-refractivity contribution in [1.82, 2.24) is 0 Å². The van der Waals surface area contributed by atoms with E-state index in [0.717, 1.165) is 0 Å². The van der Waals surface area contributed by atoms with Crippen molar-refractivity contribution in [1.29, 1.82) is 0 Å². The van der Waals surface area contributed by atoms with Crippen LogP contribution in [0, 0.1) is 0 Å². The zero-order valence-corrected chi connectivity index (χ0v) is 14.3. The molecule has 0 atom stereocenters. The molecule has 0 aromatic heterocycles. The number of phosphoric ester groups is 1. The van der Waals surface area contributed by atoms with E-state index >= 15 is 0 Å². The molecule has 0 aliphatic rings. The Morgan fingerprint density at radius 2 is 1.83 bits per heavy atom. The Hall–Kier alpha value is -1.43. The van der Waals surface area contributed by atoms with Crippen molar-refractivity contribution in [3.05, 3.63) is 54.6 Å². The lowest BCUT2D eigenvalue weighted by molar-refractivity contribution is 0.106. The summed E-state index contributed by atoms with van der Waals surface area (Å²) in [5.74, 6) is 0.371. The summed E-state index contributed by atoms with van der Waals surface area (Å²) < 4.78 is 33.0. The first kappa shape index (κ1) is 19.6. The highest BCUT2D eigenvalue weighted by Gasteiger charge is 2.27. The van der Waals surface area contributed by atoms with E-state index in [1.54, 1.807) is 12.1 Å². The van der Waals surface area contributed by atoms with Gasteiger partial charge in [-0.15, -0.1) is 13.2 Å². The fraction of sp³-hybridized carbons (Fsp3) is 0.267. The van der Waals surface area contributed by atoms with Crippen molar-refractivity contribution < 1.29 is 27.7 Å². The second-order valence-electron chi connectivity index (χ2n) is 4.15. The molecule has 0 aliphatic carbocycles. The molecule has 0 saturated heterocycles. The van der Waals surface area contributed by atoms with Crippen molar-refractivity contribution >= 4 is 24.7 Å². The summed E-state index contributed by atoms with van der Waals surface area (Å²) in [5.41, 5.74) is 0.532. The monoisotopic (exact) mass is 360 g/mol. The zero-order valence-electron chi connectivity index (χ0n) is 12.7. The molecular formula is C15H18ClO6P. The van der Waals surface area contributed by atoms with Crippen LogP contribution in [0.15, 0.2) is 43.5 Å². The Balaban J connectivity index is 3.00. The molecule has 1 aromatic carbocycles. The molecule has 0 unspecified atom stereocenters. The van der Waals surface area contributed by atoms with Crippen LogP contribution in [0.4, 0.5) is 0 Å². The third-order valence-electron chi connectivity index (χ3n) is 2.63. The van der Waals surface area contributed by atoms with Crippen LogP contribution in [-0.2, 0) is 24.7 Å². The summed E-state index contributed by atoms with van der Waals surface area (Å²) in [6, 6.07) is 4.75. The van der Waals surface area contributed by atoms with Gasteiger partial charge in [-0.3, -0.25) is 18.4 Å². The number of rotatable bonds is 11. The predicted molar refractivity (Wildman–Crippen MR) is 87.9 cm³/mol. The van der Waals surface area contributed by atoms with Crippen molar-refractivity contribution in [3.8, 4) is 5.75 Å². The average molecular weight is 361 g/mol. The number of hydrogen-bond donors (Lipinski definition) is 0. The summed E-state index contributed by atoms with van der Waals surface area (Å²) >= 11 is 5.55. The molecule has 0 bridgehead atoms. The number of ether oxygens (including phenoxy) is 1. The van der Waals surface area contributed by atoms with E-state index in [9.17, 15) is 9.36 Å². The Labute approximate surface area is 140 Å². The molecule has 126 valence electrons. The van der Waals surface area contributed by atoms with Crippen LogP contribution in [0.1, 0.15) is 15.9 Å². The molecule has 0 amide bonds. The highest BCUT2D eigenvalue weighted by molar-refractivity contribution is 7.48. The number of halogens is 1. The lowest BCUT2D eigenvalue weighted by Crippen LogP contribution is -2.06. The van der Waals surface area contributed by atoms with E-state index in [1.807, 2.05) is 0 Å².